The highest BCUT2D eigenvalue weighted by molar-refractivity contribution is 6.07. The van der Waals surface area contributed by atoms with Crippen molar-refractivity contribution in [1.82, 2.24) is 15.6 Å². The van der Waals surface area contributed by atoms with Gasteiger partial charge in [0.15, 0.2) is 0 Å². The number of anilines is 1. The summed E-state index contributed by atoms with van der Waals surface area (Å²) in [5, 5.41) is 6.18. The molecule has 0 radical (unpaired) electrons. The fourth-order valence-corrected chi connectivity index (χ4v) is 2.00. The van der Waals surface area contributed by atoms with Gasteiger partial charge >= 0.3 is 0 Å². The first kappa shape index (κ1) is 13.9. The Morgan fingerprint density at radius 3 is 2.85 bits per heavy atom. The van der Waals surface area contributed by atoms with Crippen LogP contribution in [-0.4, -0.2) is 29.9 Å². The Morgan fingerprint density at radius 2 is 2.10 bits per heavy atom. The van der Waals surface area contributed by atoms with Crippen molar-refractivity contribution >= 4 is 28.4 Å². The fourth-order valence-electron chi connectivity index (χ4n) is 2.00. The number of carbonyl (C=O) groups excluding carboxylic acids is 2. The molecular formula is C14H18N4O2. The zero-order chi connectivity index (χ0) is 14.5. The van der Waals surface area contributed by atoms with Gasteiger partial charge in [-0.15, -0.1) is 0 Å². The predicted octanol–water partition coefficient (Wildman–Crippen LogP) is 1.01. The Morgan fingerprint density at radius 1 is 1.30 bits per heavy atom. The van der Waals surface area contributed by atoms with E-state index in [2.05, 4.69) is 15.6 Å². The van der Waals surface area contributed by atoms with Gasteiger partial charge in [0, 0.05) is 42.3 Å². The first-order chi connectivity index (χ1) is 9.61. The fraction of sp³-hybridized carbons (Fsp3) is 0.286. The van der Waals surface area contributed by atoms with Crippen LogP contribution in [0.4, 0.5) is 5.69 Å². The molecule has 0 unspecified atom stereocenters. The van der Waals surface area contributed by atoms with Gasteiger partial charge < -0.3 is 21.4 Å². The molecule has 0 aliphatic heterocycles. The maximum absolute atomic E-state index is 12.1. The van der Waals surface area contributed by atoms with E-state index in [1.807, 2.05) is 13.0 Å². The lowest BCUT2D eigenvalue weighted by molar-refractivity contribution is -0.120. The monoisotopic (exact) mass is 274 g/mol. The van der Waals surface area contributed by atoms with Crippen LogP contribution < -0.4 is 16.4 Å². The van der Waals surface area contributed by atoms with Crippen LogP contribution >= 0.6 is 0 Å². The van der Waals surface area contributed by atoms with Gasteiger partial charge in [0.1, 0.15) is 0 Å². The Kier molecular flexibility index (Phi) is 4.24. The van der Waals surface area contributed by atoms with E-state index >= 15 is 0 Å². The SMILES string of the molecule is CCNC(=O)CCNC(=O)c1c[nH]c2ccc(N)cc12. The zero-order valence-corrected chi connectivity index (χ0v) is 11.3. The van der Waals surface area contributed by atoms with Crippen LogP contribution in [0.5, 0.6) is 0 Å². The second-order valence-electron chi connectivity index (χ2n) is 4.47. The lowest BCUT2D eigenvalue weighted by Gasteiger charge is -2.05. The highest BCUT2D eigenvalue weighted by Crippen LogP contribution is 2.20. The van der Waals surface area contributed by atoms with Crippen molar-refractivity contribution < 1.29 is 9.59 Å². The lowest BCUT2D eigenvalue weighted by atomic mass is 10.1. The van der Waals surface area contributed by atoms with E-state index in [1.54, 1.807) is 18.3 Å². The third-order valence-electron chi connectivity index (χ3n) is 2.96. The molecular weight excluding hydrogens is 256 g/mol. The average Bonchev–Trinajstić information content (AvgIpc) is 2.81. The first-order valence-electron chi connectivity index (χ1n) is 6.53. The smallest absolute Gasteiger partial charge is 0.253 e. The maximum atomic E-state index is 12.1. The van der Waals surface area contributed by atoms with Gasteiger partial charge in [0.25, 0.3) is 5.91 Å². The van der Waals surface area contributed by atoms with Gasteiger partial charge in [0.2, 0.25) is 5.91 Å². The Hall–Kier alpha value is -2.50. The third kappa shape index (κ3) is 3.09. The van der Waals surface area contributed by atoms with E-state index in [4.69, 9.17) is 5.73 Å². The number of benzene rings is 1. The van der Waals surface area contributed by atoms with Crippen molar-refractivity contribution in [1.29, 1.82) is 0 Å². The largest absolute Gasteiger partial charge is 0.399 e. The number of hydrogen-bond donors (Lipinski definition) is 4. The van der Waals surface area contributed by atoms with Crippen LogP contribution in [0, 0.1) is 0 Å². The van der Waals surface area contributed by atoms with E-state index in [9.17, 15) is 9.59 Å². The third-order valence-corrected chi connectivity index (χ3v) is 2.96. The molecule has 2 rings (SSSR count). The number of carbonyl (C=O) groups is 2. The molecule has 0 bridgehead atoms. The first-order valence-corrected chi connectivity index (χ1v) is 6.53. The van der Waals surface area contributed by atoms with Crippen LogP contribution in [0.1, 0.15) is 23.7 Å². The molecule has 1 aromatic carbocycles. The van der Waals surface area contributed by atoms with Crippen LogP contribution in [0.15, 0.2) is 24.4 Å². The van der Waals surface area contributed by atoms with Crippen LogP contribution in [0.25, 0.3) is 10.9 Å². The van der Waals surface area contributed by atoms with Crippen molar-refractivity contribution in [3.05, 3.63) is 30.0 Å². The quantitative estimate of drug-likeness (QED) is 0.612. The van der Waals surface area contributed by atoms with E-state index in [-0.39, 0.29) is 18.2 Å². The van der Waals surface area contributed by atoms with Gasteiger partial charge in [-0.1, -0.05) is 0 Å². The molecule has 20 heavy (non-hydrogen) atoms. The molecule has 0 aliphatic rings. The molecule has 1 heterocycles. The Labute approximate surface area is 116 Å². The van der Waals surface area contributed by atoms with Gasteiger partial charge in [-0.3, -0.25) is 9.59 Å². The molecule has 0 saturated carbocycles. The molecule has 0 saturated heterocycles. The van der Waals surface area contributed by atoms with Gasteiger partial charge in [-0.2, -0.15) is 0 Å². The number of amides is 2. The van der Waals surface area contributed by atoms with E-state index < -0.39 is 0 Å². The molecule has 0 fully saturated rings. The van der Waals surface area contributed by atoms with Crippen molar-refractivity contribution in [2.24, 2.45) is 0 Å². The number of fused-ring (bicyclic) bond motifs is 1. The Balaban J connectivity index is 2.01. The molecule has 0 atom stereocenters. The standard InChI is InChI=1S/C14H18N4O2/c1-2-16-13(19)5-6-17-14(20)11-8-18-12-4-3-9(15)7-10(11)12/h3-4,7-8,18H,2,5-6,15H2,1H3,(H,16,19)(H,17,20). The summed E-state index contributed by atoms with van der Waals surface area (Å²) in [6, 6.07) is 5.36. The summed E-state index contributed by atoms with van der Waals surface area (Å²) in [5.41, 5.74) is 7.72. The number of rotatable bonds is 5. The topological polar surface area (TPSA) is 100 Å². The number of aromatic nitrogens is 1. The van der Waals surface area contributed by atoms with Gasteiger partial charge in [-0.05, 0) is 25.1 Å². The second-order valence-corrected chi connectivity index (χ2v) is 4.47. The highest BCUT2D eigenvalue weighted by Gasteiger charge is 2.12. The van der Waals surface area contributed by atoms with Crippen LogP contribution in [0.2, 0.25) is 0 Å². The predicted molar refractivity (Wildman–Crippen MR) is 78.3 cm³/mol. The van der Waals surface area contributed by atoms with Crippen LogP contribution in [-0.2, 0) is 4.79 Å². The number of hydrogen-bond acceptors (Lipinski definition) is 3. The number of aromatic amines is 1. The Bertz CT molecular complexity index is 633. The summed E-state index contributed by atoms with van der Waals surface area (Å²) < 4.78 is 0. The highest BCUT2D eigenvalue weighted by atomic mass is 16.2. The van der Waals surface area contributed by atoms with Crippen molar-refractivity contribution in [2.45, 2.75) is 13.3 Å². The van der Waals surface area contributed by atoms with E-state index in [1.165, 1.54) is 0 Å². The summed E-state index contributed by atoms with van der Waals surface area (Å²) in [6.07, 6.45) is 1.91. The van der Waals surface area contributed by atoms with Crippen molar-refractivity contribution in [3.8, 4) is 0 Å². The van der Waals surface area contributed by atoms with E-state index in [0.717, 1.165) is 10.9 Å². The molecule has 2 amide bonds. The normalized spacial score (nSPS) is 10.4. The lowest BCUT2D eigenvalue weighted by Crippen LogP contribution is -2.30. The molecule has 5 N–H and O–H groups in total. The average molecular weight is 274 g/mol. The summed E-state index contributed by atoms with van der Waals surface area (Å²) in [7, 11) is 0. The van der Waals surface area contributed by atoms with Crippen molar-refractivity contribution in [3.63, 3.8) is 0 Å². The number of nitrogens with one attached hydrogen (secondary N) is 3. The summed E-state index contributed by atoms with van der Waals surface area (Å²) in [4.78, 5) is 26.4. The number of H-pyrrole nitrogens is 1. The molecule has 6 nitrogen and oxygen atoms in total. The minimum absolute atomic E-state index is 0.0732. The van der Waals surface area contributed by atoms with Gasteiger partial charge in [0.05, 0.1) is 5.56 Å². The molecule has 0 spiro atoms. The zero-order valence-electron chi connectivity index (χ0n) is 11.3. The maximum Gasteiger partial charge on any atom is 0.253 e. The van der Waals surface area contributed by atoms with Crippen molar-refractivity contribution in [2.75, 3.05) is 18.8 Å². The summed E-state index contributed by atoms with van der Waals surface area (Å²) >= 11 is 0. The van der Waals surface area contributed by atoms with Crippen LogP contribution in [0.3, 0.4) is 0 Å². The number of nitrogen functional groups attached to an aromatic ring is 1. The number of nitrogens with two attached hydrogens (primary N) is 1. The minimum Gasteiger partial charge on any atom is -0.399 e. The van der Waals surface area contributed by atoms with E-state index in [0.29, 0.717) is 24.3 Å². The summed E-state index contributed by atoms with van der Waals surface area (Å²) in [6.45, 7) is 2.75. The molecule has 6 heteroatoms. The molecule has 106 valence electrons. The molecule has 0 aliphatic carbocycles. The molecule has 1 aromatic heterocycles. The van der Waals surface area contributed by atoms with Gasteiger partial charge in [-0.25, -0.2) is 0 Å². The molecule has 2 aromatic rings. The summed E-state index contributed by atoms with van der Waals surface area (Å²) in [5.74, 6) is -0.290. The minimum atomic E-state index is -0.217. The second kappa shape index (κ2) is 6.10.